The lowest BCUT2D eigenvalue weighted by atomic mass is 10.2. The number of benzene rings is 2. The number of likely N-dealkylation sites (N-methyl/N-ethyl adjacent to an activating group) is 1. The van der Waals surface area contributed by atoms with Crippen LogP contribution in [-0.4, -0.2) is 58.4 Å². The van der Waals surface area contributed by atoms with E-state index in [-0.39, 0.29) is 24.0 Å². The summed E-state index contributed by atoms with van der Waals surface area (Å²) in [6.45, 7) is 7.23. The van der Waals surface area contributed by atoms with Crippen LogP contribution in [0.5, 0.6) is 17.2 Å². The molecule has 0 aliphatic carbocycles. The summed E-state index contributed by atoms with van der Waals surface area (Å²) in [6, 6.07) is 14.7. The zero-order chi connectivity index (χ0) is 22.6. The standard InChI is InChI=1S/C24H36N4O3.HI/c1-7-25-24(26-15-18(2)28(3)17-19-11-9-8-10-12-19)27-16-20-13-21(29-4)23(31-6)22(14-20)30-5;/h8-14,18H,7,15-17H2,1-6H3,(H2,25,26,27);1H. The molecule has 8 heteroatoms. The Hall–Kier alpha value is -2.20. The number of aliphatic imine (C=N–C) groups is 1. The Morgan fingerprint density at radius 2 is 1.59 bits per heavy atom. The number of rotatable bonds is 11. The highest BCUT2D eigenvalue weighted by atomic mass is 127. The number of nitrogens with one attached hydrogen (secondary N) is 2. The van der Waals surface area contributed by atoms with Crippen molar-refractivity contribution in [2.45, 2.75) is 33.0 Å². The van der Waals surface area contributed by atoms with Gasteiger partial charge in [0.25, 0.3) is 0 Å². The molecular formula is C24H37IN4O3. The molecule has 0 fully saturated rings. The van der Waals surface area contributed by atoms with Gasteiger partial charge in [-0.25, -0.2) is 4.99 Å². The van der Waals surface area contributed by atoms with Gasteiger partial charge in [0, 0.05) is 25.7 Å². The van der Waals surface area contributed by atoms with Gasteiger partial charge in [-0.3, -0.25) is 4.90 Å². The van der Waals surface area contributed by atoms with Gasteiger partial charge in [0.1, 0.15) is 0 Å². The zero-order valence-corrected chi connectivity index (χ0v) is 22.3. The third kappa shape index (κ3) is 8.38. The predicted octanol–water partition coefficient (Wildman–Crippen LogP) is 3.91. The molecule has 0 amide bonds. The van der Waals surface area contributed by atoms with Gasteiger partial charge in [0.05, 0.1) is 27.9 Å². The first kappa shape index (κ1) is 27.8. The first-order valence-electron chi connectivity index (χ1n) is 10.6. The van der Waals surface area contributed by atoms with Crippen LogP contribution in [0, 0.1) is 0 Å². The van der Waals surface area contributed by atoms with E-state index < -0.39 is 0 Å². The van der Waals surface area contributed by atoms with Crippen LogP contribution in [-0.2, 0) is 13.1 Å². The van der Waals surface area contributed by atoms with Crippen molar-refractivity contribution in [2.75, 3.05) is 41.5 Å². The smallest absolute Gasteiger partial charge is 0.203 e. The molecule has 2 N–H and O–H groups in total. The number of hydrogen-bond acceptors (Lipinski definition) is 5. The molecule has 2 rings (SSSR count). The van der Waals surface area contributed by atoms with E-state index in [2.05, 4.69) is 60.7 Å². The highest BCUT2D eigenvalue weighted by Crippen LogP contribution is 2.38. The molecule has 32 heavy (non-hydrogen) atoms. The summed E-state index contributed by atoms with van der Waals surface area (Å²) in [4.78, 5) is 7.05. The van der Waals surface area contributed by atoms with E-state index in [9.17, 15) is 0 Å². The molecule has 1 unspecified atom stereocenters. The van der Waals surface area contributed by atoms with Gasteiger partial charge in [0.15, 0.2) is 17.5 Å². The van der Waals surface area contributed by atoms with Gasteiger partial charge in [-0.15, -0.1) is 24.0 Å². The zero-order valence-electron chi connectivity index (χ0n) is 20.0. The van der Waals surface area contributed by atoms with Gasteiger partial charge >= 0.3 is 0 Å². The van der Waals surface area contributed by atoms with Crippen LogP contribution in [0.3, 0.4) is 0 Å². The second-order valence-corrected chi connectivity index (χ2v) is 7.36. The van der Waals surface area contributed by atoms with Crippen LogP contribution in [0.1, 0.15) is 25.0 Å². The van der Waals surface area contributed by atoms with Crippen molar-refractivity contribution in [3.8, 4) is 17.2 Å². The van der Waals surface area contributed by atoms with E-state index in [4.69, 9.17) is 19.2 Å². The Balaban J connectivity index is 0.00000512. The molecule has 7 nitrogen and oxygen atoms in total. The van der Waals surface area contributed by atoms with Gasteiger partial charge in [-0.1, -0.05) is 30.3 Å². The maximum absolute atomic E-state index is 5.44. The van der Waals surface area contributed by atoms with Crippen LogP contribution < -0.4 is 24.8 Å². The van der Waals surface area contributed by atoms with Crippen molar-refractivity contribution < 1.29 is 14.2 Å². The lowest BCUT2D eigenvalue weighted by Gasteiger charge is -2.26. The molecular weight excluding hydrogens is 519 g/mol. The summed E-state index contributed by atoms with van der Waals surface area (Å²) in [5.41, 5.74) is 2.28. The van der Waals surface area contributed by atoms with E-state index in [1.807, 2.05) is 18.2 Å². The topological polar surface area (TPSA) is 67.4 Å². The molecule has 0 saturated heterocycles. The lowest BCUT2D eigenvalue weighted by Crippen LogP contribution is -2.44. The summed E-state index contributed by atoms with van der Waals surface area (Å²) < 4.78 is 16.3. The van der Waals surface area contributed by atoms with Crippen molar-refractivity contribution in [2.24, 2.45) is 4.99 Å². The quantitative estimate of drug-likeness (QED) is 0.249. The molecule has 2 aromatic rings. The van der Waals surface area contributed by atoms with Crippen molar-refractivity contribution in [3.05, 3.63) is 53.6 Å². The maximum Gasteiger partial charge on any atom is 0.203 e. The molecule has 178 valence electrons. The van der Waals surface area contributed by atoms with Crippen molar-refractivity contribution in [1.82, 2.24) is 15.5 Å². The number of ether oxygens (including phenoxy) is 3. The second-order valence-electron chi connectivity index (χ2n) is 7.36. The lowest BCUT2D eigenvalue weighted by molar-refractivity contribution is 0.249. The Bertz CT molecular complexity index is 808. The third-order valence-corrected chi connectivity index (χ3v) is 5.08. The van der Waals surface area contributed by atoms with Crippen molar-refractivity contribution >= 4 is 29.9 Å². The number of halogens is 1. The number of guanidine groups is 1. The summed E-state index contributed by atoms with van der Waals surface area (Å²) >= 11 is 0. The minimum absolute atomic E-state index is 0. The number of nitrogens with zero attached hydrogens (tertiary/aromatic N) is 2. The molecule has 2 aromatic carbocycles. The molecule has 0 saturated carbocycles. The minimum Gasteiger partial charge on any atom is -0.493 e. The van der Waals surface area contributed by atoms with Gasteiger partial charge in [-0.2, -0.15) is 0 Å². The average Bonchev–Trinajstić information content (AvgIpc) is 2.80. The molecule has 0 aliphatic rings. The molecule has 1 atom stereocenters. The first-order valence-corrected chi connectivity index (χ1v) is 10.6. The average molecular weight is 556 g/mol. The second kappa shape index (κ2) is 14.8. The fraction of sp³-hybridized carbons (Fsp3) is 0.458. The SMILES string of the molecule is CCNC(=NCc1cc(OC)c(OC)c(OC)c1)NCC(C)N(C)Cc1ccccc1.I. The predicted molar refractivity (Wildman–Crippen MR) is 142 cm³/mol. The van der Waals surface area contributed by atoms with E-state index in [1.54, 1.807) is 21.3 Å². The molecule has 0 heterocycles. The molecule has 0 radical (unpaired) electrons. The third-order valence-electron chi connectivity index (χ3n) is 5.08. The largest absolute Gasteiger partial charge is 0.493 e. The monoisotopic (exact) mass is 556 g/mol. The van der Waals surface area contributed by atoms with E-state index in [0.717, 1.165) is 31.2 Å². The highest BCUT2D eigenvalue weighted by molar-refractivity contribution is 14.0. The Labute approximate surface area is 209 Å². The minimum atomic E-state index is 0. The Morgan fingerprint density at radius 1 is 0.969 bits per heavy atom. The fourth-order valence-electron chi connectivity index (χ4n) is 3.17. The highest BCUT2D eigenvalue weighted by Gasteiger charge is 2.14. The van der Waals surface area contributed by atoms with E-state index >= 15 is 0 Å². The van der Waals surface area contributed by atoms with Gasteiger partial charge in [-0.05, 0) is 44.2 Å². The first-order chi connectivity index (χ1) is 15.0. The van der Waals surface area contributed by atoms with E-state index in [1.165, 1.54) is 5.56 Å². The van der Waals surface area contributed by atoms with Crippen molar-refractivity contribution in [3.63, 3.8) is 0 Å². The summed E-state index contributed by atoms with van der Waals surface area (Å²) in [7, 11) is 6.97. The summed E-state index contributed by atoms with van der Waals surface area (Å²) in [5.74, 6) is 2.61. The summed E-state index contributed by atoms with van der Waals surface area (Å²) in [6.07, 6.45) is 0. The maximum atomic E-state index is 5.44. The van der Waals surface area contributed by atoms with E-state index in [0.29, 0.717) is 29.8 Å². The normalized spacial score (nSPS) is 12.0. The van der Waals surface area contributed by atoms with Crippen LogP contribution in [0.15, 0.2) is 47.5 Å². The van der Waals surface area contributed by atoms with Crippen molar-refractivity contribution in [1.29, 1.82) is 0 Å². The van der Waals surface area contributed by atoms with Crippen LogP contribution in [0.2, 0.25) is 0 Å². The summed E-state index contributed by atoms with van der Waals surface area (Å²) in [5, 5.41) is 6.76. The van der Waals surface area contributed by atoms with Gasteiger partial charge < -0.3 is 24.8 Å². The molecule has 0 aliphatic heterocycles. The number of methoxy groups -OCH3 is 3. The van der Waals surface area contributed by atoms with Gasteiger partial charge in [0.2, 0.25) is 5.75 Å². The fourth-order valence-corrected chi connectivity index (χ4v) is 3.17. The Morgan fingerprint density at radius 3 is 2.12 bits per heavy atom. The molecule has 0 spiro atoms. The van der Waals surface area contributed by atoms with Crippen LogP contribution >= 0.6 is 24.0 Å². The van der Waals surface area contributed by atoms with Crippen LogP contribution in [0.25, 0.3) is 0 Å². The molecule has 0 aromatic heterocycles. The molecule has 0 bridgehead atoms. The number of hydrogen-bond donors (Lipinski definition) is 2. The van der Waals surface area contributed by atoms with Crippen LogP contribution in [0.4, 0.5) is 0 Å². The Kier molecular flexibility index (Phi) is 12.9.